The van der Waals surface area contributed by atoms with Crippen molar-refractivity contribution in [1.29, 1.82) is 0 Å². The van der Waals surface area contributed by atoms with Crippen LogP contribution in [0.25, 0.3) is 11.1 Å². The van der Waals surface area contributed by atoms with Crippen molar-refractivity contribution in [3.8, 4) is 11.1 Å². The molecule has 0 radical (unpaired) electrons. The summed E-state index contributed by atoms with van der Waals surface area (Å²) in [5.41, 5.74) is -1.08. The smallest absolute Gasteiger partial charge is 0.276 e. The summed E-state index contributed by atoms with van der Waals surface area (Å²) < 4.78 is 62.3. The number of benzene rings is 2. The van der Waals surface area contributed by atoms with Crippen molar-refractivity contribution < 1.29 is 26.4 Å². The fourth-order valence-electron chi connectivity index (χ4n) is 2.19. The van der Waals surface area contributed by atoms with E-state index in [1.165, 1.54) is 25.1 Å². The van der Waals surface area contributed by atoms with Gasteiger partial charge in [-0.25, -0.2) is 8.42 Å². The third kappa shape index (κ3) is 3.91. The Balaban J connectivity index is 2.69. The zero-order valence-corrected chi connectivity index (χ0v) is 14.3. The van der Waals surface area contributed by atoms with Crippen molar-refractivity contribution in [1.82, 2.24) is 0 Å². The molecule has 0 aliphatic rings. The summed E-state index contributed by atoms with van der Waals surface area (Å²) >= 11 is 5.31. The lowest BCUT2D eigenvalue weighted by molar-refractivity contribution is -0.137. The molecule has 2 rings (SSSR count). The predicted molar refractivity (Wildman–Crippen MR) is 84.8 cm³/mol. The van der Waals surface area contributed by atoms with Crippen molar-refractivity contribution in [2.45, 2.75) is 18.0 Å². The number of alkyl halides is 3. The third-order valence-electron chi connectivity index (χ3n) is 3.33. The van der Waals surface area contributed by atoms with Gasteiger partial charge in [-0.3, -0.25) is 4.79 Å². The van der Waals surface area contributed by atoms with Gasteiger partial charge in [0.2, 0.25) is 0 Å². The Morgan fingerprint density at radius 1 is 1.08 bits per heavy atom. The van der Waals surface area contributed by atoms with Crippen molar-refractivity contribution in [3.05, 3.63) is 53.1 Å². The highest BCUT2D eigenvalue weighted by Gasteiger charge is 2.35. The lowest BCUT2D eigenvalue weighted by Crippen LogP contribution is -2.10. The van der Waals surface area contributed by atoms with E-state index in [1.54, 1.807) is 0 Å². The number of halogens is 5. The Morgan fingerprint density at radius 3 is 2.04 bits per heavy atom. The minimum Gasteiger partial charge on any atom is -0.276 e. The second-order valence-electron chi connectivity index (χ2n) is 4.95. The van der Waals surface area contributed by atoms with E-state index in [-0.39, 0.29) is 27.1 Å². The largest absolute Gasteiger partial charge is 0.417 e. The lowest BCUT2D eigenvalue weighted by Gasteiger charge is -2.16. The molecule has 0 amide bonds. The second kappa shape index (κ2) is 6.38. The Labute approximate surface area is 145 Å². The van der Waals surface area contributed by atoms with E-state index in [4.69, 9.17) is 22.3 Å². The number of rotatable bonds is 3. The van der Waals surface area contributed by atoms with Gasteiger partial charge in [0.15, 0.2) is 0 Å². The van der Waals surface area contributed by atoms with E-state index in [2.05, 4.69) is 0 Å². The number of hydrogen-bond donors (Lipinski definition) is 0. The topological polar surface area (TPSA) is 51.2 Å². The maximum atomic E-state index is 13.3. The molecule has 2 aromatic carbocycles. The van der Waals surface area contributed by atoms with Gasteiger partial charge >= 0.3 is 6.18 Å². The Kier molecular flexibility index (Phi) is 4.99. The molecule has 24 heavy (non-hydrogen) atoms. The second-order valence-corrected chi connectivity index (χ2v) is 7.86. The minimum atomic E-state index is -4.72. The molecule has 128 valence electrons. The molecule has 0 aliphatic carbocycles. The summed E-state index contributed by atoms with van der Waals surface area (Å²) in [4.78, 5) is 11.0. The number of carbonyl (C=O) groups excluding carboxylic acids is 1. The van der Waals surface area contributed by atoms with Crippen LogP contribution in [0.1, 0.15) is 21.5 Å². The Hall–Kier alpha value is -1.57. The van der Waals surface area contributed by atoms with Crippen LogP contribution in [0, 0.1) is 6.92 Å². The van der Waals surface area contributed by atoms with E-state index < -0.39 is 26.0 Å². The van der Waals surface area contributed by atoms with Gasteiger partial charge in [-0.2, -0.15) is 13.2 Å². The monoisotopic (exact) mass is 396 g/mol. The van der Waals surface area contributed by atoms with Crippen molar-refractivity contribution in [2.24, 2.45) is 0 Å². The van der Waals surface area contributed by atoms with E-state index in [1.807, 2.05) is 0 Å². The van der Waals surface area contributed by atoms with E-state index >= 15 is 0 Å². The maximum absolute atomic E-state index is 13.3. The van der Waals surface area contributed by atoms with Crippen LogP contribution in [0.15, 0.2) is 41.3 Å². The molecule has 0 aromatic heterocycles. The standard InChI is InChI=1S/C15H9Cl2F3O3S/c1-8-6-12(9-2-4-10(5-3-9)24(17,22)23)13(15(18,19)20)7-11(8)14(16)21/h2-7H,1H3. The highest BCUT2D eigenvalue weighted by molar-refractivity contribution is 8.13. The first-order valence-corrected chi connectivity index (χ1v) is 9.07. The van der Waals surface area contributed by atoms with Crippen molar-refractivity contribution >= 4 is 36.6 Å². The molecule has 9 heteroatoms. The molecule has 2 aromatic rings. The van der Waals surface area contributed by atoms with E-state index in [0.29, 0.717) is 6.07 Å². The van der Waals surface area contributed by atoms with Crippen LogP contribution in [0.5, 0.6) is 0 Å². The first-order valence-electron chi connectivity index (χ1n) is 6.38. The summed E-state index contributed by atoms with van der Waals surface area (Å²) in [5.74, 6) is 0. The minimum absolute atomic E-state index is 0.128. The average molecular weight is 397 g/mol. The summed E-state index contributed by atoms with van der Waals surface area (Å²) in [6.07, 6.45) is -4.72. The van der Waals surface area contributed by atoms with Gasteiger partial charge in [0.1, 0.15) is 0 Å². The summed E-state index contributed by atoms with van der Waals surface area (Å²) in [5, 5.41) is -0.992. The first kappa shape index (κ1) is 18.8. The molecule has 0 unspecified atom stereocenters. The zero-order valence-electron chi connectivity index (χ0n) is 12.0. The number of carbonyl (C=O) groups is 1. The molecule has 0 saturated heterocycles. The predicted octanol–water partition coefficient (Wildman–Crippen LogP) is 4.99. The Bertz CT molecular complexity index is 905. The van der Waals surface area contributed by atoms with Gasteiger partial charge in [-0.15, -0.1) is 0 Å². The molecular weight excluding hydrogens is 388 g/mol. The van der Waals surface area contributed by atoms with E-state index in [0.717, 1.165) is 12.1 Å². The quantitative estimate of drug-likeness (QED) is 0.686. The van der Waals surface area contributed by atoms with Crippen molar-refractivity contribution in [2.75, 3.05) is 0 Å². The summed E-state index contributed by atoms with van der Waals surface area (Å²) in [6, 6.07) is 6.50. The zero-order chi connectivity index (χ0) is 18.3. The number of aryl methyl sites for hydroxylation is 1. The van der Waals surface area contributed by atoms with E-state index in [9.17, 15) is 26.4 Å². The molecule has 0 saturated carbocycles. The average Bonchev–Trinajstić information content (AvgIpc) is 2.44. The van der Waals surface area contributed by atoms with Crippen molar-refractivity contribution in [3.63, 3.8) is 0 Å². The van der Waals surface area contributed by atoms with Gasteiger partial charge in [-0.05, 0) is 53.4 Å². The van der Waals surface area contributed by atoms with Crippen LogP contribution in [-0.4, -0.2) is 13.7 Å². The molecule has 0 heterocycles. The van der Waals surface area contributed by atoms with Crippen LogP contribution in [0.3, 0.4) is 0 Å². The van der Waals surface area contributed by atoms with Crippen LogP contribution in [0.2, 0.25) is 0 Å². The third-order valence-corrected chi connectivity index (χ3v) is 4.90. The van der Waals surface area contributed by atoms with Crippen LogP contribution >= 0.6 is 22.3 Å². The van der Waals surface area contributed by atoms with Crippen LogP contribution in [-0.2, 0) is 15.2 Å². The highest BCUT2D eigenvalue weighted by atomic mass is 35.7. The summed E-state index contributed by atoms with van der Waals surface area (Å²) in [7, 11) is 1.20. The summed E-state index contributed by atoms with van der Waals surface area (Å²) in [6.45, 7) is 1.46. The fraction of sp³-hybridized carbons (Fsp3) is 0.133. The van der Waals surface area contributed by atoms with Gasteiger partial charge in [0.05, 0.1) is 10.5 Å². The Morgan fingerprint density at radius 2 is 1.62 bits per heavy atom. The highest BCUT2D eigenvalue weighted by Crippen LogP contribution is 2.39. The normalized spacial score (nSPS) is 12.2. The SMILES string of the molecule is Cc1cc(-c2ccc(S(=O)(=O)Cl)cc2)c(C(F)(F)F)cc1C(=O)Cl. The molecule has 0 bridgehead atoms. The van der Waals surface area contributed by atoms with Gasteiger partial charge in [0.25, 0.3) is 14.3 Å². The molecule has 3 nitrogen and oxygen atoms in total. The number of hydrogen-bond acceptors (Lipinski definition) is 3. The van der Waals surface area contributed by atoms with Gasteiger partial charge in [0, 0.05) is 16.2 Å². The molecule has 0 fully saturated rings. The fourth-order valence-corrected chi connectivity index (χ4v) is 3.16. The molecule has 0 spiro atoms. The van der Waals surface area contributed by atoms with Gasteiger partial charge < -0.3 is 0 Å². The lowest BCUT2D eigenvalue weighted by atomic mass is 9.94. The molecule has 0 atom stereocenters. The van der Waals surface area contributed by atoms with Gasteiger partial charge in [-0.1, -0.05) is 18.2 Å². The van der Waals surface area contributed by atoms with Crippen LogP contribution < -0.4 is 0 Å². The first-order chi connectivity index (χ1) is 10.9. The molecular formula is C15H9Cl2F3O3S. The van der Waals surface area contributed by atoms with Crippen LogP contribution in [0.4, 0.5) is 13.2 Å². The molecule has 0 N–H and O–H groups in total. The maximum Gasteiger partial charge on any atom is 0.417 e. The molecule has 0 aliphatic heterocycles.